The topological polar surface area (TPSA) is 620 Å². The number of aliphatic hydroxyl groups is 10. The molecule has 4 heterocycles. The molecule has 4 rings (SSSR count). The Kier molecular flexibility index (Phi) is 74.2. The summed E-state index contributed by atoms with van der Waals surface area (Å²) in [6.45, 7) is 23.9. The van der Waals surface area contributed by atoms with Crippen molar-refractivity contribution in [3.63, 3.8) is 0 Å². The molecule has 15 atom stereocenters. The number of nitrogens with zero attached hydrogens (tertiary/aromatic N) is 4. The van der Waals surface area contributed by atoms with Crippen molar-refractivity contribution >= 4 is 36.0 Å². The van der Waals surface area contributed by atoms with Gasteiger partial charge in [0.05, 0.1) is 172 Å². The van der Waals surface area contributed by atoms with Gasteiger partial charge in [-0.05, 0) is 44.1 Å². The SMILES string of the molecule is C#CCOCCOCCOCCC.CCCOCCOCCC(=O)ON1C(=O)CCC1=O.CCCOCCOCCN=[N+]=[N-].CCCOCCOCCOCC1O[C@H](OCC2O[C@H](OCC3O[C@H](O)C(O)[C@@H](O)[C@@H]3O)C(O)[C@@H](O)[C@@H]2O)C(O)[C@@H](O)[C@@H]1O.CCCOCCOCCOP(=O)(O)O.CCCOCCOCCOS(=O)(=O)O. The zero-order chi connectivity index (χ0) is 86.3. The molecule has 115 heavy (non-hydrogen) atoms. The van der Waals surface area contributed by atoms with Gasteiger partial charge >= 0.3 is 24.2 Å². The molecule has 0 aromatic carbocycles. The van der Waals surface area contributed by atoms with Crippen LogP contribution < -0.4 is 0 Å². The molecular formula is C68H131N4O41PS. The van der Waals surface area contributed by atoms with E-state index in [9.17, 15) is 78.4 Å². The number of aliphatic hydroxyl groups excluding tert-OH is 10. The number of carbonyl (C=O) groups excluding carboxylic acids is 3. The van der Waals surface area contributed by atoms with Crippen molar-refractivity contribution in [2.24, 2.45) is 5.11 Å². The van der Waals surface area contributed by atoms with Crippen LogP contribution in [0.1, 0.15) is 99.3 Å². The van der Waals surface area contributed by atoms with Crippen LogP contribution in [0.15, 0.2) is 5.11 Å². The summed E-state index contributed by atoms with van der Waals surface area (Å²) in [6.07, 6.45) is -13.2. The maximum absolute atomic E-state index is 11.3. The monoisotopic (exact) mass is 1720 g/mol. The quantitative estimate of drug-likeness (QED) is 0.00455. The van der Waals surface area contributed by atoms with E-state index >= 15 is 0 Å². The number of rotatable bonds is 60. The summed E-state index contributed by atoms with van der Waals surface area (Å²) in [4.78, 5) is 57.6. The second-order valence-corrected chi connectivity index (χ2v) is 26.6. The molecule has 6 unspecified atom stereocenters. The van der Waals surface area contributed by atoms with Gasteiger partial charge in [0.25, 0.3) is 11.8 Å². The first-order valence-electron chi connectivity index (χ1n) is 38.0. The van der Waals surface area contributed by atoms with E-state index in [-0.39, 0.29) is 72.1 Å². The number of azide groups is 1. The molecule has 0 aromatic rings. The molecule has 4 fully saturated rings. The Morgan fingerprint density at radius 3 is 1.15 bits per heavy atom. The normalized spacial score (nSPS) is 23.9. The molecule has 45 nitrogen and oxygen atoms in total. The minimum atomic E-state index is -4.34. The third-order valence-electron chi connectivity index (χ3n) is 14.4. The number of imide groups is 1. The molecular weight excluding hydrogens is 1590 g/mol. The number of hydrogen-bond donors (Lipinski definition) is 13. The fourth-order valence-electron chi connectivity index (χ4n) is 8.72. The van der Waals surface area contributed by atoms with Crippen molar-refractivity contribution in [1.29, 1.82) is 0 Å². The molecule has 0 bridgehead atoms. The van der Waals surface area contributed by atoms with E-state index in [4.69, 9.17) is 116 Å². The minimum Gasteiger partial charge on any atom is -0.387 e. The predicted octanol–water partition coefficient (Wildman–Crippen LogP) is -2.07. The van der Waals surface area contributed by atoms with Crippen LogP contribution in [0, 0.1) is 12.3 Å². The molecule has 680 valence electrons. The average molecular weight is 1720 g/mol. The van der Waals surface area contributed by atoms with Crippen molar-refractivity contribution in [3.8, 4) is 12.3 Å². The van der Waals surface area contributed by atoms with Crippen molar-refractivity contribution in [3.05, 3.63) is 10.4 Å². The molecule has 0 aliphatic carbocycles. The number of carbonyl (C=O) groups is 3. The second-order valence-electron chi connectivity index (χ2n) is 24.2. The van der Waals surface area contributed by atoms with E-state index < -0.39 is 141 Å². The number of phosphoric ester groups is 1. The van der Waals surface area contributed by atoms with Crippen LogP contribution in [0.3, 0.4) is 0 Å². The van der Waals surface area contributed by atoms with Gasteiger partial charge in [0.2, 0.25) is 0 Å². The smallest absolute Gasteiger partial charge is 0.387 e. The highest BCUT2D eigenvalue weighted by Gasteiger charge is 2.49. The van der Waals surface area contributed by atoms with Crippen LogP contribution in [0.2, 0.25) is 0 Å². The Labute approximate surface area is 672 Å². The van der Waals surface area contributed by atoms with Gasteiger partial charge < -0.3 is 156 Å². The van der Waals surface area contributed by atoms with E-state index in [0.29, 0.717) is 144 Å². The van der Waals surface area contributed by atoms with Gasteiger partial charge in [-0.15, -0.1) is 11.5 Å². The summed E-state index contributed by atoms with van der Waals surface area (Å²) >= 11 is 0. The number of hydrogen-bond acceptors (Lipinski definition) is 39. The third-order valence-corrected chi connectivity index (χ3v) is 15.4. The van der Waals surface area contributed by atoms with Crippen LogP contribution in [0.5, 0.6) is 0 Å². The molecule has 4 saturated heterocycles. The standard InChI is InChI=1S/C25H46O18.C12H19NO6.C10H18O3.C7H15N3O2.C7H17O6P.C7H16O6S/c1-2-3-36-4-5-37-6-7-38-8-11-14(26)18(30)21(33)24(42-11)40-10-13-16(28)19(31)22(34)25(43-13)39-9-12-15(27)17(29)20(32)23(35)41-12;1-2-6-17-8-9-18-7-5-12(16)19-13-10(14)3-4-11(13)15;1-3-5-11-7-9-13-10-8-12-6-4-2;1-2-4-11-6-7-12-5-3-9-10-8;2*1-2-3-11-4-5-12-6-7-13-14(8,9)10/h11-35H,2-10H2,1H3;2-9H2,1H3;1H,4-10H2,2H3;2-7H2,1H3;2-7H2,1H3,(H2,8,9,10);2-7H2,1H3,(H,8,9,10)/t11?,12?,13?,14-,15-,16-,17+,18+,19+,20?,21?,22?,23+,24+,25+;;;;;/m1...../s1. The Hall–Kier alpha value is -3.70. The van der Waals surface area contributed by atoms with Gasteiger partial charge in [0.15, 0.2) is 18.9 Å². The lowest BCUT2D eigenvalue weighted by molar-refractivity contribution is -0.340. The maximum Gasteiger partial charge on any atom is 0.469 e. The fraction of sp³-hybridized carbons (Fsp3) is 0.926. The van der Waals surface area contributed by atoms with Crippen molar-refractivity contribution in [2.75, 3.05) is 218 Å². The van der Waals surface area contributed by atoms with Crippen molar-refractivity contribution in [2.45, 2.75) is 191 Å². The number of phosphoric acid groups is 1. The number of amides is 2. The molecule has 0 spiro atoms. The van der Waals surface area contributed by atoms with E-state index in [1.54, 1.807) is 0 Å². The van der Waals surface area contributed by atoms with Gasteiger partial charge in [-0.3, -0.25) is 18.7 Å². The molecule has 0 aromatic heterocycles. The van der Waals surface area contributed by atoms with Crippen molar-refractivity contribution in [1.82, 2.24) is 5.06 Å². The lowest BCUT2D eigenvalue weighted by atomic mass is 9.98. The highest BCUT2D eigenvalue weighted by molar-refractivity contribution is 7.80. The van der Waals surface area contributed by atoms with Crippen molar-refractivity contribution < 1.29 is 196 Å². The maximum atomic E-state index is 11.3. The minimum absolute atomic E-state index is 0.00909. The predicted molar refractivity (Wildman–Crippen MR) is 398 cm³/mol. The first kappa shape index (κ1) is 113. The number of hydroxylamine groups is 2. The number of terminal acetylenes is 1. The van der Waals surface area contributed by atoms with E-state index in [0.717, 1.165) is 51.7 Å². The molecule has 4 aliphatic heterocycles. The first-order valence-corrected chi connectivity index (χ1v) is 40.9. The molecule has 4 aliphatic rings. The summed E-state index contributed by atoms with van der Waals surface area (Å²) in [7, 11) is -8.68. The highest BCUT2D eigenvalue weighted by atomic mass is 32.3. The van der Waals surface area contributed by atoms with Gasteiger partial charge in [0, 0.05) is 63.9 Å². The van der Waals surface area contributed by atoms with Crippen LogP contribution in [0.4, 0.5) is 0 Å². The van der Waals surface area contributed by atoms with Gasteiger partial charge in [-0.2, -0.15) is 8.42 Å². The second kappa shape index (κ2) is 75.3. The summed E-state index contributed by atoms with van der Waals surface area (Å²) in [5.41, 5.74) is 7.92. The molecule has 13 N–H and O–H groups in total. The molecule has 0 saturated carbocycles. The Morgan fingerprint density at radius 2 is 0.783 bits per heavy atom. The number of ether oxygens (including phenoxy) is 19. The Bertz CT molecular complexity index is 2560. The molecule has 2 amide bonds. The summed E-state index contributed by atoms with van der Waals surface area (Å²) in [6, 6.07) is 0. The fourth-order valence-corrected chi connectivity index (χ4v) is 9.31. The zero-order valence-corrected chi connectivity index (χ0v) is 68.5. The Morgan fingerprint density at radius 1 is 0.461 bits per heavy atom. The van der Waals surface area contributed by atoms with E-state index in [2.05, 4.69) is 43.3 Å². The summed E-state index contributed by atoms with van der Waals surface area (Å²) < 4.78 is 146. The van der Waals surface area contributed by atoms with Crippen LogP contribution in [-0.4, -0.2) is 407 Å². The van der Waals surface area contributed by atoms with Crippen LogP contribution in [0.25, 0.3) is 10.4 Å². The van der Waals surface area contributed by atoms with Crippen LogP contribution >= 0.6 is 7.82 Å². The molecule has 47 heteroatoms. The van der Waals surface area contributed by atoms with Gasteiger partial charge in [-0.1, -0.05) is 52.6 Å². The van der Waals surface area contributed by atoms with Gasteiger partial charge in [0.1, 0.15) is 79.9 Å². The highest BCUT2D eigenvalue weighted by Crippen LogP contribution is 2.35. The average Bonchev–Trinajstić information content (AvgIpc) is 1.41. The third kappa shape index (κ3) is 62.1. The lowest BCUT2D eigenvalue weighted by Gasteiger charge is -2.43. The van der Waals surface area contributed by atoms with Gasteiger partial charge in [-0.25, -0.2) is 13.5 Å². The largest absolute Gasteiger partial charge is 0.469 e. The van der Waals surface area contributed by atoms with Crippen LogP contribution in [-0.2, 0) is 133 Å². The van der Waals surface area contributed by atoms with E-state index in [1.165, 1.54) is 0 Å². The molecule has 0 radical (unpaired) electrons. The first-order chi connectivity index (χ1) is 55.1. The zero-order valence-electron chi connectivity index (χ0n) is 66.8. The lowest BCUT2D eigenvalue weighted by Crippen LogP contribution is -2.62. The summed E-state index contributed by atoms with van der Waals surface area (Å²) in [5, 5.41) is 105. The Balaban J connectivity index is 0. The summed E-state index contributed by atoms with van der Waals surface area (Å²) in [5.74, 6) is 0.771. The van der Waals surface area contributed by atoms with E-state index in [1.807, 2.05) is 27.7 Å².